The summed E-state index contributed by atoms with van der Waals surface area (Å²) in [4.78, 5) is 8.74. The van der Waals surface area contributed by atoms with E-state index in [-0.39, 0.29) is 5.54 Å². The Labute approximate surface area is 160 Å². The molecule has 0 atom stereocenters. The van der Waals surface area contributed by atoms with Crippen molar-refractivity contribution in [3.8, 4) is 11.3 Å². The van der Waals surface area contributed by atoms with E-state index in [0.717, 1.165) is 54.5 Å². The van der Waals surface area contributed by atoms with E-state index >= 15 is 0 Å². The average molecular weight is 376 g/mol. The molecule has 6 rings (SSSR count). The van der Waals surface area contributed by atoms with E-state index in [4.69, 9.17) is 5.73 Å². The fourth-order valence-electron chi connectivity index (χ4n) is 4.85. The summed E-state index contributed by atoms with van der Waals surface area (Å²) in [5.74, 6) is 0.893. The number of anilines is 2. The lowest BCUT2D eigenvalue weighted by atomic mass is 9.93. The molecule has 0 amide bonds. The molecular weight excluding hydrogens is 356 g/mol. The van der Waals surface area contributed by atoms with Gasteiger partial charge < -0.3 is 16.2 Å². The number of fused-ring (bicyclic) bond motifs is 4. The fraction of sp³-hybridized carbons (Fsp3) is 0.368. The van der Waals surface area contributed by atoms with Crippen LogP contribution in [-0.2, 0) is 0 Å². The summed E-state index contributed by atoms with van der Waals surface area (Å²) in [5, 5.41) is 23.2. The maximum Gasteiger partial charge on any atom is 0.243 e. The Bertz CT molecular complexity index is 1220. The Morgan fingerprint density at radius 3 is 2.68 bits per heavy atom. The Hall–Kier alpha value is -3.20. The molecule has 4 aromatic rings. The van der Waals surface area contributed by atoms with Crippen molar-refractivity contribution in [2.75, 3.05) is 11.1 Å². The number of aliphatic hydroxyl groups is 1. The van der Waals surface area contributed by atoms with Crippen LogP contribution in [-0.4, -0.2) is 45.4 Å². The second-order valence-corrected chi connectivity index (χ2v) is 8.10. The minimum Gasteiger partial charge on any atom is -0.390 e. The molecule has 4 heterocycles. The lowest BCUT2D eigenvalue weighted by molar-refractivity contribution is 0.0521. The normalized spacial score (nSPS) is 26.5. The molecule has 142 valence electrons. The van der Waals surface area contributed by atoms with Gasteiger partial charge in [-0.05, 0) is 50.3 Å². The molecule has 4 aromatic heterocycles. The number of hydrogen-bond donors (Lipinski definition) is 3. The summed E-state index contributed by atoms with van der Waals surface area (Å²) in [6, 6.07) is 5.77. The highest BCUT2D eigenvalue weighted by Gasteiger charge is 2.53. The Morgan fingerprint density at radius 1 is 1.04 bits per heavy atom. The second-order valence-electron chi connectivity index (χ2n) is 8.10. The summed E-state index contributed by atoms with van der Waals surface area (Å²) in [5.41, 5.74) is 8.83. The summed E-state index contributed by atoms with van der Waals surface area (Å²) in [6.45, 7) is 0. The van der Waals surface area contributed by atoms with Gasteiger partial charge in [0.05, 0.1) is 11.3 Å². The lowest BCUT2D eigenvalue weighted by Gasteiger charge is -2.27. The first kappa shape index (κ1) is 15.8. The van der Waals surface area contributed by atoms with Crippen LogP contribution in [0.15, 0.2) is 36.8 Å². The van der Waals surface area contributed by atoms with Crippen LogP contribution in [0.25, 0.3) is 22.4 Å². The maximum atomic E-state index is 10.5. The van der Waals surface area contributed by atoms with Gasteiger partial charge >= 0.3 is 0 Å². The zero-order chi connectivity index (χ0) is 18.9. The van der Waals surface area contributed by atoms with E-state index in [1.807, 2.05) is 30.6 Å². The van der Waals surface area contributed by atoms with Crippen molar-refractivity contribution in [1.82, 2.24) is 29.2 Å². The van der Waals surface area contributed by atoms with Gasteiger partial charge in [-0.2, -0.15) is 10.1 Å². The Balaban J connectivity index is 1.40. The lowest BCUT2D eigenvalue weighted by Crippen LogP contribution is -2.34. The van der Waals surface area contributed by atoms with Crippen molar-refractivity contribution in [3.05, 3.63) is 36.8 Å². The van der Waals surface area contributed by atoms with E-state index in [1.54, 1.807) is 15.2 Å². The van der Waals surface area contributed by atoms with Gasteiger partial charge in [0.15, 0.2) is 11.5 Å². The number of nitrogen functional groups attached to an aromatic ring is 1. The van der Waals surface area contributed by atoms with Gasteiger partial charge in [0.25, 0.3) is 0 Å². The average Bonchev–Trinajstić information content (AvgIpc) is 3.42. The van der Waals surface area contributed by atoms with Crippen LogP contribution in [0, 0.1) is 0 Å². The Kier molecular flexibility index (Phi) is 2.94. The number of hydrogen-bond acceptors (Lipinski definition) is 7. The van der Waals surface area contributed by atoms with Crippen molar-refractivity contribution in [3.63, 3.8) is 0 Å². The molecule has 0 spiro atoms. The van der Waals surface area contributed by atoms with E-state index in [1.165, 1.54) is 0 Å². The van der Waals surface area contributed by atoms with E-state index in [9.17, 15) is 5.11 Å². The number of rotatable bonds is 3. The number of imidazole rings is 1. The van der Waals surface area contributed by atoms with Crippen molar-refractivity contribution in [2.24, 2.45) is 0 Å². The molecule has 9 nitrogen and oxygen atoms in total. The Morgan fingerprint density at radius 2 is 1.89 bits per heavy atom. The van der Waals surface area contributed by atoms with E-state index < -0.39 is 5.60 Å². The van der Waals surface area contributed by atoms with E-state index in [2.05, 4.69) is 25.5 Å². The van der Waals surface area contributed by atoms with Crippen molar-refractivity contribution >= 4 is 22.9 Å². The molecule has 2 aliphatic rings. The minimum absolute atomic E-state index is 0.126. The standard InChI is InChI=1S/C19H20N8O/c20-16-15-12(13-1-2-14-21-8-10-26(14)24-13)3-9-27(15)25-17(22-16)23-18-4-6-19(28,11-18)7-5-18/h1-3,8-10,28H,4-7,11H2,(H3,20,22,23,25). The largest absolute Gasteiger partial charge is 0.390 e. The van der Waals surface area contributed by atoms with Crippen LogP contribution in [0.1, 0.15) is 32.1 Å². The smallest absolute Gasteiger partial charge is 0.243 e. The van der Waals surface area contributed by atoms with Gasteiger partial charge in [0, 0.05) is 29.7 Å². The molecule has 9 heteroatoms. The molecule has 0 aliphatic heterocycles. The van der Waals surface area contributed by atoms with Gasteiger partial charge in [-0.1, -0.05) is 0 Å². The highest BCUT2D eigenvalue weighted by molar-refractivity contribution is 5.86. The maximum absolute atomic E-state index is 10.5. The van der Waals surface area contributed by atoms with E-state index in [0.29, 0.717) is 11.8 Å². The van der Waals surface area contributed by atoms with Crippen molar-refractivity contribution in [1.29, 1.82) is 0 Å². The number of aromatic nitrogens is 6. The summed E-state index contributed by atoms with van der Waals surface area (Å²) in [6.07, 6.45) is 9.64. The predicted molar refractivity (Wildman–Crippen MR) is 104 cm³/mol. The zero-order valence-electron chi connectivity index (χ0n) is 15.2. The number of nitrogens with one attached hydrogen (secondary N) is 1. The second kappa shape index (κ2) is 5.20. The first-order valence-corrected chi connectivity index (χ1v) is 9.49. The molecule has 2 bridgehead atoms. The summed E-state index contributed by atoms with van der Waals surface area (Å²) in [7, 11) is 0. The molecule has 2 saturated carbocycles. The van der Waals surface area contributed by atoms with Gasteiger partial charge in [-0.15, -0.1) is 5.10 Å². The third kappa shape index (κ3) is 2.22. The molecule has 0 unspecified atom stereocenters. The van der Waals surface area contributed by atoms with Crippen LogP contribution < -0.4 is 11.1 Å². The van der Waals surface area contributed by atoms with Gasteiger partial charge in [0.2, 0.25) is 5.95 Å². The number of nitrogens with two attached hydrogens (primary N) is 1. The van der Waals surface area contributed by atoms with Crippen LogP contribution in [0.4, 0.5) is 11.8 Å². The number of nitrogens with zero attached hydrogens (tertiary/aromatic N) is 6. The molecule has 4 N–H and O–H groups in total. The molecular formula is C19H20N8O. The molecule has 2 fully saturated rings. The van der Waals surface area contributed by atoms with Gasteiger partial charge in [-0.3, -0.25) is 0 Å². The fourth-order valence-corrected chi connectivity index (χ4v) is 4.85. The molecule has 28 heavy (non-hydrogen) atoms. The third-order valence-corrected chi connectivity index (χ3v) is 6.25. The van der Waals surface area contributed by atoms with Gasteiger partial charge in [-0.25, -0.2) is 14.0 Å². The zero-order valence-corrected chi connectivity index (χ0v) is 15.2. The van der Waals surface area contributed by atoms with Crippen molar-refractivity contribution < 1.29 is 5.11 Å². The highest BCUT2D eigenvalue weighted by atomic mass is 16.3. The molecule has 2 aliphatic carbocycles. The van der Waals surface area contributed by atoms with Crippen LogP contribution in [0.3, 0.4) is 0 Å². The first-order valence-electron chi connectivity index (χ1n) is 9.49. The quantitative estimate of drug-likeness (QED) is 0.499. The topological polar surface area (TPSA) is 119 Å². The predicted octanol–water partition coefficient (Wildman–Crippen LogP) is 1.88. The highest BCUT2D eigenvalue weighted by Crippen LogP contribution is 2.51. The minimum atomic E-state index is -0.527. The summed E-state index contributed by atoms with van der Waals surface area (Å²) < 4.78 is 3.47. The monoisotopic (exact) mass is 376 g/mol. The molecule has 0 saturated heterocycles. The molecule has 0 radical (unpaired) electrons. The third-order valence-electron chi connectivity index (χ3n) is 6.25. The van der Waals surface area contributed by atoms with Crippen LogP contribution >= 0.6 is 0 Å². The van der Waals surface area contributed by atoms with Crippen LogP contribution in [0.2, 0.25) is 0 Å². The summed E-state index contributed by atoms with van der Waals surface area (Å²) >= 11 is 0. The molecule has 0 aromatic carbocycles. The van der Waals surface area contributed by atoms with Crippen molar-refractivity contribution in [2.45, 2.75) is 43.2 Å². The van der Waals surface area contributed by atoms with Gasteiger partial charge in [0.1, 0.15) is 5.52 Å². The first-order chi connectivity index (χ1) is 13.5. The van der Waals surface area contributed by atoms with Crippen LogP contribution in [0.5, 0.6) is 0 Å². The SMILES string of the molecule is Nc1nc(NC23CCC(O)(CC2)C3)nn2ccc(-c3ccc4nccn4n3)c12.